The van der Waals surface area contributed by atoms with Crippen LogP contribution in [0.1, 0.15) is 23.1 Å². The van der Waals surface area contributed by atoms with E-state index < -0.39 is 6.10 Å². The molecule has 4 nitrogen and oxygen atoms in total. The van der Waals surface area contributed by atoms with E-state index in [0.717, 1.165) is 11.3 Å². The molecule has 0 aliphatic carbocycles. The van der Waals surface area contributed by atoms with E-state index in [1.807, 2.05) is 42.5 Å². The van der Waals surface area contributed by atoms with Crippen molar-refractivity contribution < 1.29 is 9.63 Å². The van der Waals surface area contributed by atoms with Crippen LogP contribution in [0.2, 0.25) is 0 Å². The number of aryl methyl sites for hydroxylation is 1. The lowest BCUT2D eigenvalue weighted by Crippen LogP contribution is -2.03. The second kappa shape index (κ2) is 5.27. The minimum Gasteiger partial charge on any atom is -0.382 e. The highest BCUT2D eigenvalue weighted by atomic mass is 16.5. The monoisotopic (exact) mass is 266 g/mol. The molecule has 3 aromatic rings. The second-order valence-corrected chi connectivity index (χ2v) is 4.57. The molecule has 0 saturated carbocycles. The first-order chi connectivity index (χ1) is 9.75. The Bertz CT molecular complexity index is 707. The largest absolute Gasteiger partial charge is 0.382 e. The van der Waals surface area contributed by atoms with Crippen molar-refractivity contribution in [3.63, 3.8) is 0 Å². The lowest BCUT2D eigenvalue weighted by molar-refractivity contribution is 0.214. The summed E-state index contributed by atoms with van der Waals surface area (Å²) in [5.41, 5.74) is 3.74. The lowest BCUT2D eigenvalue weighted by atomic mass is 10.1. The average molecular weight is 266 g/mol. The number of benzene rings is 1. The molecular weight excluding hydrogens is 252 g/mol. The molecule has 2 aromatic heterocycles. The zero-order chi connectivity index (χ0) is 13.9. The number of aromatic nitrogens is 2. The van der Waals surface area contributed by atoms with Crippen LogP contribution < -0.4 is 0 Å². The summed E-state index contributed by atoms with van der Waals surface area (Å²) in [7, 11) is 0. The standard InChI is InChI=1S/C16H14N2O2/c1-11-13(10-20-18-11)16(19)15-9-5-8-14(17-15)12-6-3-2-4-7-12/h2-10,16,19H,1H3. The van der Waals surface area contributed by atoms with Gasteiger partial charge in [0.1, 0.15) is 12.4 Å². The van der Waals surface area contributed by atoms with Crippen molar-refractivity contribution in [2.24, 2.45) is 0 Å². The van der Waals surface area contributed by atoms with Gasteiger partial charge in [0.05, 0.1) is 17.1 Å². The number of pyridine rings is 1. The fourth-order valence-corrected chi connectivity index (χ4v) is 2.10. The highest BCUT2D eigenvalue weighted by molar-refractivity contribution is 5.59. The van der Waals surface area contributed by atoms with E-state index in [-0.39, 0.29) is 0 Å². The van der Waals surface area contributed by atoms with Crippen LogP contribution in [0.4, 0.5) is 0 Å². The average Bonchev–Trinajstić information content (AvgIpc) is 2.94. The Morgan fingerprint density at radius 2 is 1.85 bits per heavy atom. The summed E-state index contributed by atoms with van der Waals surface area (Å²) in [6, 6.07) is 15.5. The van der Waals surface area contributed by atoms with Crippen LogP contribution in [-0.2, 0) is 0 Å². The molecule has 100 valence electrons. The quantitative estimate of drug-likeness (QED) is 0.791. The van der Waals surface area contributed by atoms with Gasteiger partial charge < -0.3 is 9.63 Å². The van der Waals surface area contributed by atoms with E-state index in [2.05, 4.69) is 10.1 Å². The number of hydrogen-bond acceptors (Lipinski definition) is 4. The maximum Gasteiger partial charge on any atom is 0.130 e. The molecule has 1 atom stereocenters. The summed E-state index contributed by atoms with van der Waals surface area (Å²) in [4.78, 5) is 4.52. The molecule has 2 heterocycles. The number of aliphatic hydroxyl groups excluding tert-OH is 1. The van der Waals surface area contributed by atoms with E-state index in [1.165, 1.54) is 6.26 Å². The van der Waals surface area contributed by atoms with Gasteiger partial charge in [-0.15, -0.1) is 0 Å². The number of aliphatic hydroxyl groups is 1. The van der Waals surface area contributed by atoms with Gasteiger partial charge in [0.15, 0.2) is 0 Å². The molecule has 0 spiro atoms. The van der Waals surface area contributed by atoms with Crippen molar-refractivity contribution >= 4 is 0 Å². The summed E-state index contributed by atoms with van der Waals surface area (Å²) >= 11 is 0. The molecule has 1 unspecified atom stereocenters. The Balaban J connectivity index is 1.98. The minimum atomic E-state index is -0.829. The maximum atomic E-state index is 10.4. The van der Waals surface area contributed by atoms with E-state index in [0.29, 0.717) is 17.0 Å². The van der Waals surface area contributed by atoms with Crippen LogP contribution in [0.5, 0.6) is 0 Å². The molecule has 20 heavy (non-hydrogen) atoms. The highest BCUT2D eigenvalue weighted by Gasteiger charge is 2.17. The molecule has 0 aliphatic heterocycles. The van der Waals surface area contributed by atoms with Gasteiger partial charge in [0, 0.05) is 11.1 Å². The summed E-state index contributed by atoms with van der Waals surface area (Å²) in [5.74, 6) is 0. The van der Waals surface area contributed by atoms with Crippen molar-refractivity contribution in [3.05, 3.63) is 71.7 Å². The van der Waals surface area contributed by atoms with Gasteiger partial charge in [-0.1, -0.05) is 41.6 Å². The molecule has 0 bridgehead atoms. The van der Waals surface area contributed by atoms with Crippen molar-refractivity contribution in [2.45, 2.75) is 13.0 Å². The normalized spacial score (nSPS) is 12.3. The first-order valence-electron chi connectivity index (χ1n) is 6.37. The van der Waals surface area contributed by atoms with E-state index in [4.69, 9.17) is 4.52 Å². The van der Waals surface area contributed by atoms with Gasteiger partial charge in [-0.3, -0.25) is 0 Å². The van der Waals surface area contributed by atoms with Crippen LogP contribution >= 0.6 is 0 Å². The Morgan fingerprint density at radius 3 is 2.55 bits per heavy atom. The van der Waals surface area contributed by atoms with Gasteiger partial charge in [-0.25, -0.2) is 4.98 Å². The topological polar surface area (TPSA) is 59.2 Å². The Hall–Kier alpha value is -2.46. The molecule has 4 heteroatoms. The molecule has 0 amide bonds. The van der Waals surface area contributed by atoms with E-state index in [9.17, 15) is 5.11 Å². The van der Waals surface area contributed by atoms with Crippen LogP contribution in [-0.4, -0.2) is 15.2 Å². The number of hydrogen-bond donors (Lipinski definition) is 1. The summed E-state index contributed by atoms with van der Waals surface area (Å²) in [6.45, 7) is 1.79. The summed E-state index contributed by atoms with van der Waals surface area (Å²) in [6.07, 6.45) is 0.626. The number of rotatable bonds is 3. The first kappa shape index (κ1) is 12.6. The van der Waals surface area contributed by atoms with Gasteiger partial charge in [-0.05, 0) is 19.1 Å². The highest BCUT2D eigenvalue weighted by Crippen LogP contribution is 2.25. The third-order valence-corrected chi connectivity index (χ3v) is 3.20. The molecule has 3 rings (SSSR count). The zero-order valence-electron chi connectivity index (χ0n) is 11.0. The van der Waals surface area contributed by atoms with Crippen molar-refractivity contribution in [1.29, 1.82) is 0 Å². The Morgan fingerprint density at radius 1 is 1.05 bits per heavy atom. The van der Waals surface area contributed by atoms with Gasteiger partial charge in [0.25, 0.3) is 0 Å². The lowest BCUT2D eigenvalue weighted by Gasteiger charge is -2.10. The fraction of sp³-hybridized carbons (Fsp3) is 0.125. The molecule has 0 fully saturated rings. The SMILES string of the molecule is Cc1nocc1C(O)c1cccc(-c2ccccc2)n1. The maximum absolute atomic E-state index is 10.4. The molecular formula is C16H14N2O2. The van der Waals surface area contributed by atoms with Crippen LogP contribution in [0, 0.1) is 6.92 Å². The third kappa shape index (κ3) is 2.33. The van der Waals surface area contributed by atoms with Gasteiger partial charge in [-0.2, -0.15) is 0 Å². The summed E-state index contributed by atoms with van der Waals surface area (Å²) in [5, 5.41) is 14.2. The predicted molar refractivity (Wildman–Crippen MR) is 75.0 cm³/mol. The molecule has 0 radical (unpaired) electrons. The fourth-order valence-electron chi connectivity index (χ4n) is 2.10. The predicted octanol–water partition coefficient (Wildman–Crippen LogP) is 3.13. The molecule has 1 aromatic carbocycles. The van der Waals surface area contributed by atoms with E-state index >= 15 is 0 Å². The van der Waals surface area contributed by atoms with Crippen LogP contribution in [0.3, 0.4) is 0 Å². The van der Waals surface area contributed by atoms with Crippen LogP contribution in [0.15, 0.2) is 59.3 Å². The summed E-state index contributed by atoms with van der Waals surface area (Å²) < 4.78 is 4.87. The Labute approximate surface area is 116 Å². The second-order valence-electron chi connectivity index (χ2n) is 4.57. The van der Waals surface area contributed by atoms with Crippen molar-refractivity contribution in [3.8, 4) is 11.3 Å². The molecule has 1 N–H and O–H groups in total. The zero-order valence-corrected chi connectivity index (χ0v) is 11.0. The van der Waals surface area contributed by atoms with Crippen molar-refractivity contribution in [1.82, 2.24) is 10.1 Å². The van der Waals surface area contributed by atoms with Gasteiger partial charge in [0.2, 0.25) is 0 Å². The van der Waals surface area contributed by atoms with Crippen LogP contribution in [0.25, 0.3) is 11.3 Å². The molecule has 0 saturated heterocycles. The van der Waals surface area contributed by atoms with E-state index in [1.54, 1.807) is 13.0 Å². The minimum absolute atomic E-state index is 0.581. The first-order valence-corrected chi connectivity index (χ1v) is 6.37. The Kier molecular flexibility index (Phi) is 3.31. The number of nitrogens with zero attached hydrogens (tertiary/aromatic N) is 2. The van der Waals surface area contributed by atoms with Gasteiger partial charge >= 0.3 is 0 Å². The smallest absolute Gasteiger partial charge is 0.130 e. The molecule has 0 aliphatic rings. The third-order valence-electron chi connectivity index (χ3n) is 3.20. The van der Waals surface area contributed by atoms with Crippen molar-refractivity contribution in [2.75, 3.05) is 0 Å².